The van der Waals surface area contributed by atoms with Gasteiger partial charge in [0.2, 0.25) is 5.91 Å². The first kappa shape index (κ1) is 25.1. The normalized spacial score (nSPS) is 12.6. The molecular formula is C24H23F3N2O4S. The minimum atomic E-state index is -4.68. The first-order valence-electron chi connectivity index (χ1n) is 10.2. The van der Waals surface area contributed by atoms with E-state index in [9.17, 15) is 26.4 Å². The van der Waals surface area contributed by atoms with Gasteiger partial charge >= 0.3 is 6.18 Å². The maximum absolute atomic E-state index is 13.3. The van der Waals surface area contributed by atoms with Gasteiger partial charge in [-0.3, -0.25) is 9.10 Å². The quantitative estimate of drug-likeness (QED) is 0.491. The van der Waals surface area contributed by atoms with Crippen molar-refractivity contribution in [3.05, 3.63) is 90.0 Å². The summed E-state index contributed by atoms with van der Waals surface area (Å²) >= 11 is 0. The summed E-state index contributed by atoms with van der Waals surface area (Å²) in [6, 6.07) is 17.5. The van der Waals surface area contributed by atoms with Crippen molar-refractivity contribution < 1.29 is 31.1 Å². The summed E-state index contributed by atoms with van der Waals surface area (Å²) in [7, 11) is -2.86. The van der Waals surface area contributed by atoms with E-state index >= 15 is 0 Å². The van der Waals surface area contributed by atoms with Crippen molar-refractivity contribution in [1.82, 2.24) is 5.32 Å². The number of sulfonamides is 1. The number of anilines is 1. The molecule has 3 rings (SSSR count). The van der Waals surface area contributed by atoms with Crippen LogP contribution in [0.2, 0.25) is 0 Å². The van der Waals surface area contributed by atoms with Gasteiger partial charge < -0.3 is 10.1 Å². The van der Waals surface area contributed by atoms with E-state index in [0.717, 1.165) is 12.1 Å². The van der Waals surface area contributed by atoms with Crippen LogP contribution in [0.4, 0.5) is 18.9 Å². The summed E-state index contributed by atoms with van der Waals surface area (Å²) in [5.74, 6) is -0.169. The molecule has 180 valence electrons. The van der Waals surface area contributed by atoms with Crippen LogP contribution in [-0.4, -0.2) is 28.0 Å². The van der Waals surface area contributed by atoms with Crippen LogP contribution >= 0.6 is 0 Å². The van der Waals surface area contributed by atoms with E-state index in [1.165, 1.54) is 37.4 Å². The summed E-state index contributed by atoms with van der Waals surface area (Å²) in [6.07, 6.45) is -4.68. The molecule has 1 amide bonds. The monoisotopic (exact) mass is 492 g/mol. The molecule has 0 saturated carbocycles. The fourth-order valence-electron chi connectivity index (χ4n) is 3.39. The fraction of sp³-hybridized carbons (Fsp3) is 0.208. The standard InChI is InChI=1S/C24H23F3N2O4S/c1-17(21-13-6-7-14-22(21)33-2)28-23(30)16-29(34(31,32)20-11-4-3-5-12-20)19-10-8-9-18(15-19)24(25,26)27/h3-15,17H,16H2,1-2H3,(H,28,30). The largest absolute Gasteiger partial charge is 0.496 e. The highest BCUT2D eigenvalue weighted by atomic mass is 32.2. The highest BCUT2D eigenvalue weighted by molar-refractivity contribution is 7.92. The Hall–Kier alpha value is -3.53. The van der Waals surface area contributed by atoms with E-state index < -0.39 is 40.3 Å². The van der Waals surface area contributed by atoms with Gasteiger partial charge in [0.1, 0.15) is 12.3 Å². The minimum Gasteiger partial charge on any atom is -0.496 e. The van der Waals surface area contributed by atoms with Crippen LogP contribution in [0, 0.1) is 0 Å². The Bertz CT molecular complexity index is 1250. The second kappa shape index (κ2) is 10.2. The van der Waals surface area contributed by atoms with Crippen LogP contribution in [0.5, 0.6) is 5.75 Å². The Labute approximate surface area is 196 Å². The van der Waals surface area contributed by atoms with E-state index in [2.05, 4.69) is 5.32 Å². The van der Waals surface area contributed by atoms with Crippen LogP contribution < -0.4 is 14.4 Å². The molecule has 3 aromatic rings. The molecule has 0 aliphatic heterocycles. The Kier molecular flexibility index (Phi) is 7.51. The molecular weight excluding hydrogens is 469 g/mol. The Morgan fingerprint density at radius 1 is 1.00 bits per heavy atom. The molecule has 0 radical (unpaired) electrons. The first-order valence-corrected chi connectivity index (χ1v) is 11.7. The molecule has 34 heavy (non-hydrogen) atoms. The number of methoxy groups -OCH3 is 1. The van der Waals surface area contributed by atoms with Crippen LogP contribution in [0.25, 0.3) is 0 Å². The molecule has 1 unspecified atom stereocenters. The predicted molar refractivity (Wildman–Crippen MR) is 122 cm³/mol. The zero-order valence-electron chi connectivity index (χ0n) is 18.4. The third kappa shape index (κ3) is 5.69. The van der Waals surface area contributed by atoms with E-state index in [0.29, 0.717) is 21.7 Å². The smallest absolute Gasteiger partial charge is 0.416 e. The van der Waals surface area contributed by atoms with Crippen molar-refractivity contribution in [3.63, 3.8) is 0 Å². The third-order valence-corrected chi connectivity index (χ3v) is 6.85. The molecule has 0 bridgehead atoms. The maximum Gasteiger partial charge on any atom is 0.416 e. The number of carbonyl (C=O) groups is 1. The topological polar surface area (TPSA) is 75.7 Å². The number of halogens is 3. The van der Waals surface area contributed by atoms with Crippen LogP contribution in [0.3, 0.4) is 0 Å². The lowest BCUT2D eigenvalue weighted by molar-refractivity contribution is -0.137. The zero-order chi connectivity index (χ0) is 24.9. The number of ether oxygens (including phenoxy) is 1. The van der Waals surface area contributed by atoms with Crippen molar-refractivity contribution in [2.24, 2.45) is 0 Å². The summed E-state index contributed by atoms with van der Waals surface area (Å²) < 4.78 is 72.5. The Morgan fingerprint density at radius 3 is 2.29 bits per heavy atom. The molecule has 0 aromatic heterocycles. The van der Waals surface area contributed by atoms with Crippen LogP contribution in [-0.2, 0) is 21.0 Å². The highest BCUT2D eigenvalue weighted by Gasteiger charge is 2.33. The molecule has 0 aliphatic carbocycles. The average Bonchev–Trinajstić information content (AvgIpc) is 2.82. The van der Waals surface area contributed by atoms with Crippen LogP contribution in [0.15, 0.2) is 83.8 Å². The number of carbonyl (C=O) groups excluding carboxylic acids is 1. The molecule has 0 heterocycles. The number of alkyl halides is 3. The fourth-order valence-corrected chi connectivity index (χ4v) is 4.83. The predicted octanol–water partition coefficient (Wildman–Crippen LogP) is 4.79. The van der Waals surface area contributed by atoms with Gasteiger partial charge in [0.05, 0.1) is 29.3 Å². The molecule has 1 N–H and O–H groups in total. The van der Waals surface area contributed by atoms with Gasteiger partial charge in [-0.05, 0) is 43.3 Å². The Balaban J connectivity index is 1.96. The average molecular weight is 493 g/mol. The maximum atomic E-state index is 13.3. The Morgan fingerprint density at radius 2 is 1.65 bits per heavy atom. The SMILES string of the molecule is COc1ccccc1C(C)NC(=O)CN(c1cccc(C(F)(F)F)c1)S(=O)(=O)c1ccccc1. The van der Waals surface area contributed by atoms with Gasteiger partial charge in [0.25, 0.3) is 10.0 Å². The first-order chi connectivity index (χ1) is 16.0. The number of nitrogens with one attached hydrogen (secondary N) is 1. The number of benzene rings is 3. The lowest BCUT2D eigenvalue weighted by Gasteiger charge is -2.26. The molecule has 0 fully saturated rings. The molecule has 0 spiro atoms. The highest BCUT2D eigenvalue weighted by Crippen LogP contribution is 2.33. The van der Waals surface area contributed by atoms with E-state index in [1.54, 1.807) is 37.3 Å². The molecule has 0 saturated heterocycles. The van der Waals surface area contributed by atoms with Gasteiger partial charge in [0.15, 0.2) is 0 Å². The van der Waals surface area contributed by atoms with E-state index in [-0.39, 0.29) is 10.6 Å². The number of hydrogen-bond donors (Lipinski definition) is 1. The lowest BCUT2D eigenvalue weighted by atomic mass is 10.1. The molecule has 0 aliphatic rings. The second-order valence-corrected chi connectivity index (χ2v) is 9.27. The van der Waals surface area contributed by atoms with Gasteiger partial charge in [-0.25, -0.2) is 8.42 Å². The molecule has 3 aromatic carbocycles. The molecule has 10 heteroatoms. The number of para-hydroxylation sites is 1. The second-order valence-electron chi connectivity index (χ2n) is 7.40. The van der Waals surface area contributed by atoms with Crippen molar-refractivity contribution in [2.45, 2.75) is 24.0 Å². The lowest BCUT2D eigenvalue weighted by Crippen LogP contribution is -2.41. The number of nitrogens with zero attached hydrogens (tertiary/aromatic N) is 1. The number of rotatable bonds is 8. The van der Waals surface area contributed by atoms with E-state index in [1.807, 2.05) is 0 Å². The summed E-state index contributed by atoms with van der Waals surface area (Å²) in [4.78, 5) is 12.7. The summed E-state index contributed by atoms with van der Waals surface area (Å²) in [5, 5.41) is 2.69. The number of amides is 1. The van der Waals surface area contributed by atoms with Crippen molar-refractivity contribution >= 4 is 21.6 Å². The van der Waals surface area contributed by atoms with Gasteiger partial charge in [-0.2, -0.15) is 13.2 Å². The van der Waals surface area contributed by atoms with Gasteiger partial charge in [-0.15, -0.1) is 0 Å². The summed E-state index contributed by atoms with van der Waals surface area (Å²) in [5.41, 5.74) is -0.644. The third-order valence-electron chi connectivity index (χ3n) is 5.06. The van der Waals surface area contributed by atoms with E-state index in [4.69, 9.17) is 4.74 Å². The van der Waals surface area contributed by atoms with Crippen molar-refractivity contribution in [2.75, 3.05) is 18.0 Å². The van der Waals surface area contributed by atoms with Gasteiger partial charge in [-0.1, -0.05) is 42.5 Å². The molecule has 6 nitrogen and oxygen atoms in total. The zero-order valence-corrected chi connectivity index (χ0v) is 19.2. The number of hydrogen-bond acceptors (Lipinski definition) is 4. The minimum absolute atomic E-state index is 0.155. The van der Waals surface area contributed by atoms with Gasteiger partial charge in [0, 0.05) is 5.56 Å². The van der Waals surface area contributed by atoms with Crippen LogP contribution in [0.1, 0.15) is 24.1 Å². The molecule has 1 atom stereocenters. The van der Waals surface area contributed by atoms with Crippen molar-refractivity contribution in [1.29, 1.82) is 0 Å². The summed E-state index contributed by atoms with van der Waals surface area (Å²) in [6.45, 7) is 0.966. The van der Waals surface area contributed by atoms with Crippen molar-refractivity contribution in [3.8, 4) is 5.75 Å².